The maximum atomic E-state index is 11.0. The molecule has 0 bridgehead atoms. The largest absolute Gasteiger partial charge is 0.478 e. The third-order valence-electron chi connectivity index (χ3n) is 3.59. The fourth-order valence-electron chi connectivity index (χ4n) is 2.67. The van der Waals surface area contributed by atoms with Crippen LogP contribution < -0.4 is 0 Å². The van der Waals surface area contributed by atoms with Gasteiger partial charge in [-0.3, -0.25) is 0 Å². The Kier molecular flexibility index (Phi) is 2.86. The molecule has 0 amide bonds. The average molecular weight is 309 g/mol. The molecule has 1 fully saturated rings. The van der Waals surface area contributed by atoms with Crippen molar-refractivity contribution >= 4 is 27.4 Å². The number of hydrogen-bond donors (Lipinski definition) is 1. The standard InChI is InChI=1S/C13H13BrN2O2/c14-11-10-6-5-9(13(17)18)7-16(10)12(15-11)8-3-1-2-4-8/h5-8H,1-4H2,(H,17,18). The van der Waals surface area contributed by atoms with Crippen molar-refractivity contribution < 1.29 is 9.90 Å². The van der Waals surface area contributed by atoms with Crippen LogP contribution in [0.2, 0.25) is 0 Å². The number of carboxylic acid groups (broad SMARTS) is 1. The van der Waals surface area contributed by atoms with Gasteiger partial charge >= 0.3 is 5.97 Å². The molecule has 0 saturated heterocycles. The molecule has 5 heteroatoms. The Bertz CT molecular complexity index is 615. The molecule has 3 rings (SSSR count). The first-order valence-electron chi connectivity index (χ1n) is 6.07. The van der Waals surface area contributed by atoms with E-state index in [0.717, 1.165) is 28.8 Å². The molecule has 4 nitrogen and oxygen atoms in total. The molecule has 1 saturated carbocycles. The van der Waals surface area contributed by atoms with Gasteiger partial charge in [-0.15, -0.1) is 0 Å². The fraction of sp³-hybridized carbons (Fsp3) is 0.385. The van der Waals surface area contributed by atoms with E-state index in [1.165, 1.54) is 12.8 Å². The second kappa shape index (κ2) is 4.39. The van der Waals surface area contributed by atoms with Gasteiger partial charge in [-0.25, -0.2) is 9.78 Å². The monoisotopic (exact) mass is 308 g/mol. The van der Waals surface area contributed by atoms with Crippen molar-refractivity contribution in [2.45, 2.75) is 31.6 Å². The first-order valence-corrected chi connectivity index (χ1v) is 6.87. The zero-order chi connectivity index (χ0) is 12.7. The predicted molar refractivity (Wildman–Crippen MR) is 71.1 cm³/mol. The number of nitrogens with zero attached hydrogens (tertiary/aromatic N) is 2. The van der Waals surface area contributed by atoms with Crippen LogP contribution in [0, 0.1) is 0 Å². The Hall–Kier alpha value is -1.36. The molecule has 1 aliphatic carbocycles. The molecule has 0 spiro atoms. The molecule has 94 valence electrons. The Balaban J connectivity index is 2.18. The molecular formula is C13H13BrN2O2. The van der Waals surface area contributed by atoms with Crippen LogP contribution >= 0.6 is 15.9 Å². The van der Waals surface area contributed by atoms with Crippen LogP contribution in [-0.4, -0.2) is 20.5 Å². The summed E-state index contributed by atoms with van der Waals surface area (Å²) in [5.74, 6) is 0.532. The van der Waals surface area contributed by atoms with Crippen molar-refractivity contribution in [3.05, 3.63) is 34.3 Å². The van der Waals surface area contributed by atoms with Crippen molar-refractivity contribution in [1.29, 1.82) is 0 Å². The van der Waals surface area contributed by atoms with E-state index in [9.17, 15) is 4.79 Å². The number of carbonyl (C=O) groups is 1. The van der Waals surface area contributed by atoms with E-state index in [1.54, 1.807) is 18.3 Å². The first-order chi connectivity index (χ1) is 8.66. The molecule has 1 N–H and O–H groups in total. The van der Waals surface area contributed by atoms with Gasteiger partial charge in [0, 0.05) is 12.1 Å². The lowest BCUT2D eigenvalue weighted by atomic mass is 10.1. The maximum absolute atomic E-state index is 11.0. The summed E-state index contributed by atoms with van der Waals surface area (Å²) < 4.78 is 2.71. The highest BCUT2D eigenvalue weighted by atomic mass is 79.9. The third-order valence-corrected chi connectivity index (χ3v) is 4.17. The Labute approximate surface area is 113 Å². The van der Waals surface area contributed by atoms with Crippen LogP contribution in [0.15, 0.2) is 22.9 Å². The first kappa shape index (κ1) is 11.7. The quantitative estimate of drug-likeness (QED) is 0.924. The summed E-state index contributed by atoms with van der Waals surface area (Å²) in [4.78, 5) is 15.6. The smallest absolute Gasteiger partial charge is 0.337 e. The number of fused-ring (bicyclic) bond motifs is 1. The van der Waals surface area contributed by atoms with E-state index in [4.69, 9.17) is 5.11 Å². The van der Waals surface area contributed by atoms with Crippen LogP contribution in [0.5, 0.6) is 0 Å². The number of imidazole rings is 1. The van der Waals surface area contributed by atoms with E-state index in [-0.39, 0.29) is 0 Å². The average Bonchev–Trinajstić information content (AvgIpc) is 2.97. The molecule has 2 aromatic heterocycles. The molecule has 2 aromatic rings. The van der Waals surface area contributed by atoms with Crippen molar-refractivity contribution in [2.24, 2.45) is 0 Å². The maximum Gasteiger partial charge on any atom is 0.337 e. The molecule has 1 aliphatic rings. The van der Waals surface area contributed by atoms with Gasteiger partial charge < -0.3 is 9.51 Å². The van der Waals surface area contributed by atoms with Gasteiger partial charge in [0.15, 0.2) is 0 Å². The molecule has 0 radical (unpaired) electrons. The van der Waals surface area contributed by atoms with Gasteiger partial charge in [0.25, 0.3) is 0 Å². The number of rotatable bonds is 2. The second-order valence-electron chi connectivity index (χ2n) is 4.72. The molecule has 0 aromatic carbocycles. The molecule has 18 heavy (non-hydrogen) atoms. The SMILES string of the molecule is O=C(O)c1ccc2c(Br)nc(C3CCCC3)n2c1. The predicted octanol–water partition coefficient (Wildman–Crippen LogP) is 3.45. The molecule has 0 atom stereocenters. The topological polar surface area (TPSA) is 54.6 Å². The lowest BCUT2D eigenvalue weighted by molar-refractivity contribution is 0.0696. The van der Waals surface area contributed by atoms with Crippen LogP contribution in [0.25, 0.3) is 5.52 Å². The summed E-state index contributed by atoms with van der Waals surface area (Å²) in [7, 11) is 0. The third kappa shape index (κ3) is 1.82. The molecule has 2 heterocycles. The summed E-state index contributed by atoms with van der Waals surface area (Å²) >= 11 is 3.45. The Morgan fingerprint density at radius 1 is 1.39 bits per heavy atom. The highest BCUT2D eigenvalue weighted by Gasteiger charge is 2.23. The van der Waals surface area contributed by atoms with E-state index in [0.29, 0.717) is 11.5 Å². The Morgan fingerprint density at radius 3 is 2.78 bits per heavy atom. The minimum absolute atomic E-state index is 0.298. The van der Waals surface area contributed by atoms with Gasteiger partial charge in [0.05, 0.1) is 11.1 Å². The van der Waals surface area contributed by atoms with Crippen molar-refractivity contribution in [2.75, 3.05) is 0 Å². The number of aromatic nitrogens is 2. The molecular weight excluding hydrogens is 296 g/mol. The minimum atomic E-state index is -0.904. The Morgan fingerprint density at radius 2 is 2.11 bits per heavy atom. The van der Waals surface area contributed by atoms with Gasteiger partial charge in [-0.1, -0.05) is 12.8 Å². The van der Waals surface area contributed by atoms with Crippen LogP contribution in [0.1, 0.15) is 47.8 Å². The number of pyridine rings is 1. The number of hydrogen-bond acceptors (Lipinski definition) is 2. The summed E-state index contributed by atoms with van der Waals surface area (Å²) in [6, 6.07) is 3.42. The van der Waals surface area contributed by atoms with Crippen LogP contribution in [0.4, 0.5) is 0 Å². The summed E-state index contributed by atoms with van der Waals surface area (Å²) in [5.41, 5.74) is 1.23. The van der Waals surface area contributed by atoms with E-state index in [1.807, 2.05) is 4.40 Å². The summed E-state index contributed by atoms with van der Waals surface area (Å²) in [6.07, 6.45) is 6.42. The lowest BCUT2D eigenvalue weighted by Crippen LogP contribution is -2.03. The summed E-state index contributed by atoms with van der Waals surface area (Å²) in [5, 5.41) is 9.06. The van der Waals surface area contributed by atoms with Gasteiger partial charge in [-0.05, 0) is 40.9 Å². The zero-order valence-electron chi connectivity index (χ0n) is 9.77. The van der Waals surface area contributed by atoms with Crippen LogP contribution in [0.3, 0.4) is 0 Å². The van der Waals surface area contributed by atoms with Gasteiger partial charge in [-0.2, -0.15) is 0 Å². The second-order valence-corrected chi connectivity index (χ2v) is 5.47. The van der Waals surface area contributed by atoms with Crippen molar-refractivity contribution in [1.82, 2.24) is 9.38 Å². The van der Waals surface area contributed by atoms with E-state index < -0.39 is 5.97 Å². The van der Waals surface area contributed by atoms with E-state index in [2.05, 4.69) is 20.9 Å². The zero-order valence-corrected chi connectivity index (χ0v) is 11.4. The van der Waals surface area contributed by atoms with Crippen molar-refractivity contribution in [3.8, 4) is 0 Å². The van der Waals surface area contributed by atoms with Gasteiger partial charge in [0.1, 0.15) is 10.4 Å². The minimum Gasteiger partial charge on any atom is -0.478 e. The fourth-order valence-corrected chi connectivity index (χ4v) is 3.17. The number of aromatic carboxylic acids is 1. The highest BCUT2D eigenvalue weighted by Crippen LogP contribution is 2.35. The van der Waals surface area contributed by atoms with Crippen LogP contribution in [-0.2, 0) is 0 Å². The highest BCUT2D eigenvalue weighted by molar-refractivity contribution is 9.10. The molecule has 0 unspecified atom stereocenters. The summed E-state index contributed by atoms with van der Waals surface area (Å²) in [6.45, 7) is 0. The van der Waals surface area contributed by atoms with E-state index >= 15 is 0 Å². The number of halogens is 1. The normalized spacial score (nSPS) is 16.5. The molecule has 0 aliphatic heterocycles. The van der Waals surface area contributed by atoms with Crippen molar-refractivity contribution in [3.63, 3.8) is 0 Å². The van der Waals surface area contributed by atoms with Gasteiger partial charge in [0.2, 0.25) is 0 Å². The lowest BCUT2D eigenvalue weighted by Gasteiger charge is -2.08. The number of carboxylic acids is 1.